The zero-order valence-corrected chi connectivity index (χ0v) is 14.1. The molecule has 0 spiro atoms. The number of thiophene rings is 1. The first kappa shape index (κ1) is 14.9. The van der Waals surface area contributed by atoms with Crippen LogP contribution in [0.4, 0.5) is 0 Å². The molecule has 7 heteroatoms. The molecule has 0 atom stereocenters. The highest BCUT2D eigenvalue weighted by Crippen LogP contribution is 2.22. The minimum absolute atomic E-state index is 0.113. The van der Waals surface area contributed by atoms with Crippen LogP contribution >= 0.6 is 27.3 Å². The Balaban J connectivity index is 1.65. The van der Waals surface area contributed by atoms with E-state index in [1.165, 1.54) is 0 Å². The van der Waals surface area contributed by atoms with Gasteiger partial charge in [0.05, 0.1) is 10.3 Å². The van der Waals surface area contributed by atoms with E-state index < -0.39 is 0 Å². The van der Waals surface area contributed by atoms with E-state index >= 15 is 0 Å². The lowest BCUT2D eigenvalue weighted by Gasteiger charge is -2.04. The highest BCUT2D eigenvalue weighted by atomic mass is 79.9. The van der Waals surface area contributed by atoms with Crippen molar-refractivity contribution in [1.29, 1.82) is 0 Å². The van der Waals surface area contributed by atoms with Crippen LogP contribution in [0.1, 0.15) is 21.1 Å². The summed E-state index contributed by atoms with van der Waals surface area (Å²) in [6.45, 7) is 2.28. The molecule has 0 fully saturated rings. The second-order valence-electron chi connectivity index (χ2n) is 4.61. The van der Waals surface area contributed by atoms with Crippen molar-refractivity contribution in [2.75, 3.05) is 0 Å². The molecule has 22 heavy (non-hydrogen) atoms. The van der Waals surface area contributed by atoms with Crippen molar-refractivity contribution in [1.82, 2.24) is 15.5 Å². The molecule has 3 rings (SSSR count). The Morgan fingerprint density at radius 1 is 1.27 bits per heavy atom. The van der Waals surface area contributed by atoms with Crippen molar-refractivity contribution in [2.45, 2.75) is 13.5 Å². The van der Waals surface area contributed by atoms with Crippen LogP contribution in [-0.4, -0.2) is 16.0 Å². The van der Waals surface area contributed by atoms with Crippen LogP contribution in [0.3, 0.4) is 0 Å². The summed E-state index contributed by atoms with van der Waals surface area (Å²) in [6.07, 6.45) is 0. The smallest absolute Gasteiger partial charge is 0.257 e. The molecular weight excluding hydrogens is 366 g/mol. The van der Waals surface area contributed by atoms with E-state index in [2.05, 4.69) is 31.4 Å². The van der Waals surface area contributed by atoms with Gasteiger partial charge in [-0.2, -0.15) is 4.98 Å². The van der Waals surface area contributed by atoms with Gasteiger partial charge < -0.3 is 9.84 Å². The van der Waals surface area contributed by atoms with Crippen molar-refractivity contribution in [2.24, 2.45) is 0 Å². The maximum atomic E-state index is 12.1. The van der Waals surface area contributed by atoms with Crippen LogP contribution in [0, 0.1) is 6.92 Å². The predicted octanol–water partition coefficient (Wildman–Crippen LogP) is 3.80. The van der Waals surface area contributed by atoms with Crippen molar-refractivity contribution in [3.63, 3.8) is 0 Å². The Kier molecular flexibility index (Phi) is 4.35. The van der Waals surface area contributed by atoms with Gasteiger partial charge in [0.1, 0.15) is 0 Å². The molecule has 0 bridgehead atoms. The number of carbonyl (C=O) groups is 1. The first-order valence-electron chi connectivity index (χ1n) is 6.55. The van der Waals surface area contributed by atoms with Gasteiger partial charge in [-0.05, 0) is 59.3 Å². The third kappa shape index (κ3) is 3.42. The summed E-state index contributed by atoms with van der Waals surface area (Å²) in [4.78, 5) is 17.4. The lowest BCUT2D eigenvalue weighted by Crippen LogP contribution is -2.22. The first-order valence-corrected chi connectivity index (χ1v) is 8.16. The Morgan fingerprint density at radius 2 is 2.05 bits per heavy atom. The minimum Gasteiger partial charge on any atom is -0.347 e. The molecule has 0 aliphatic carbocycles. The largest absolute Gasteiger partial charge is 0.347 e. The maximum absolute atomic E-state index is 12.1. The molecule has 0 unspecified atom stereocenters. The fourth-order valence-corrected chi connectivity index (χ4v) is 3.32. The topological polar surface area (TPSA) is 68.0 Å². The average Bonchev–Trinajstić information content (AvgIpc) is 3.13. The molecule has 0 saturated carbocycles. The third-order valence-corrected chi connectivity index (χ3v) is 4.60. The number of aryl methyl sites for hydroxylation is 1. The Morgan fingerprint density at radius 3 is 2.64 bits per heavy atom. The molecule has 0 saturated heterocycles. The molecule has 1 N–H and O–H groups in total. The van der Waals surface area contributed by atoms with Gasteiger partial charge in [0.25, 0.3) is 11.8 Å². The number of nitrogens with one attached hydrogen (secondary N) is 1. The number of aromatic nitrogens is 2. The molecule has 3 aromatic rings. The fourth-order valence-electron chi connectivity index (χ4n) is 1.89. The van der Waals surface area contributed by atoms with Gasteiger partial charge in [0.2, 0.25) is 0 Å². The van der Waals surface area contributed by atoms with E-state index in [0.29, 0.717) is 23.8 Å². The standard InChI is InChI=1S/C15H12BrN3O2S/c1-9-18-15(21-19-9)11-4-2-10(3-5-11)14(20)17-8-12-6-7-13(16)22-12/h2-7H,8H2,1H3,(H,17,20). The number of benzene rings is 1. The van der Waals surface area contributed by atoms with Crippen LogP contribution in [0.15, 0.2) is 44.7 Å². The van der Waals surface area contributed by atoms with E-state index in [-0.39, 0.29) is 5.91 Å². The number of hydrogen-bond donors (Lipinski definition) is 1. The van der Waals surface area contributed by atoms with Crippen molar-refractivity contribution >= 4 is 33.2 Å². The zero-order chi connectivity index (χ0) is 15.5. The summed E-state index contributed by atoms with van der Waals surface area (Å²) < 4.78 is 6.15. The van der Waals surface area contributed by atoms with Crippen LogP contribution in [-0.2, 0) is 6.54 Å². The number of nitrogens with zero attached hydrogens (tertiary/aromatic N) is 2. The Hall–Kier alpha value is -1.99. The van der Waals surface area contributed by atoms with E-state index in [9.17, 15) is 4.79 Å². The molecule has 2 heterocycles. The minimum atomic E-state index is -0.113. The van der Waals surface area contributed by atoms with E-state index in [4.69, 9.17) is 4.52 Å². The van der Waals surface area contributed by atoms with Gasteiger partial charge in [0.15, 0.2) is 5.82 Å². The lowest BCUT2D eigenvalue weighted by molar-refractivity contribution is 0.0951. The van der Waals surface area contributed by atoms with Crippen molar-refractivity contribution in [3.05, 3.63) is 56.4 Å². The monoisotopic (exact) mass is 377 g/mol. The van der Waals surface area contributed by atoms with Gasteiger partial charge in [-0.15, -0.1) is 11.3 Å². The number of hydrogen-bond acceptors (Lipinski definition) is 5. The van der Waals surface area contributed by atoms with Crippen molar-refractivity contribution in [3.8, 4) is 11.5 Å². The SMILES string of the molecule is Cc1noc(-c2ccc(C(=O)NCc3ccc(Br)s3)cc2)n1. The fraction of sp³-hybridized carbons (Fsp3) is 0.133. The second kappa shape index (κ2) is 6.41. The summed E-state index contributed by atoms with van der Waals surface area (Å²) in [5.74, 6) is 0.921. The lowest BCUT2D eigenvalue weighted by atomic mass is 10.1. The van der Waals surface area contributed by atoms with E-state index in [1.807, 2.05) is 12.1 Å². The quantitative estimate of drug-likeness (QED) is 0.750. The van der Waals surface area contributed by atoms with Gasteiger partial charge in [-0.25, -0.2) is 0 Å². The summed E-state index contributed by atoms with van der Waals surface area (Å²) >= 11 is 5.00. The number of carbonyl (C=O) groups excluding carboxylic acids is 1. The number of halogens is 1. The van der Waals surface area contributed by atoms with Gasteiger partial charge in [-0.1, -0.05) is 5.16 Å². The third-order valence-electron chi connectivity index (χ3n) is 2.97. The molecule has 1 amide bonds. The summed E-state index contributed by atoms with van der Waals surface area (Å²) in [5.41, 5.74) is 1.38. The van der Waals surface area contributed by atoms with Crippen LogP contribution in [0.5, 0.6) is 0 Å². The van der Waals surface area contributed by atoms with Gasteiger partial charge in [-0.3, -0.25) is 4.79 Å². The molecule has 2 aromatic heterocycles. The Bertz CT molecular complexity index is 795. The highest BCUT2D eigenvalue weighted by Gasteiger charge is 2.09. The summed E-state index contributed by atoms with van der Waals surface area (Å²) in [7, 11) is 0. The van der Waals surface area contributed by atoms with Crippen molar-refractivity contribution < 1.29 is 9.32 Å². The van der Waals surface area contributed by atoms with Crippen LogP contribution in [0.25, 0.3) is 11.5 Å². The zero-order valence-electron chi connectivity index (χ0n) is 11.7. The molecule has 1 aromatic carbocycles. The molecular formula is C15H12BrN3O2S. The molecule has 0 aliphatic heterocycles. The molecule has 112 valence electrons. The van der Waals surface area contributed by atoms with Crippen LogP contribution in [0.2, 0.25) is 0 Å². The number of rotatable bonds is 4. The highest BCUT2D eigenvalue weighted by molar-refractivity contribution is 9.11. The average molecular weight is 378 g/mol. The molecule has 5 nitrogen and oxygen atoms in total. The van der Waals surface area contributed by atoms with E-state index in [1.54, 1.807) is 42.5 Å². The van der Waals surface area contributed by atoms with Crippen LogP contribution < -0.4 is 5.32 Å². The first-order chi connectivity index (χ1) is 10.6. The van der Waals surface area contributed by atoms with Gasteiger partial charge in [0, 0.05) is 16.0 Å². The maximum Gasteiger partial charge on any atom is 0.257 e. The summed E-state index contributed by atoms with van der Waals surface area (Å²) in [6, 6.07) is 11.0. The molecule has 0 aliphatic rings. The Labute approximate surface area is 139 Å². The van der Waals surface area contributed by atoms with Gasteiger partial charge >= 0.3 is 0 Å². The normalized spacial score (nSPS) is 10.6. The van der Waals surface area contributed by atoms with E-state index in [0.717, 1.165) is 14.2 Å². The second-order valence-corrected chi connectivity index (χ2v) is 7.16. The predicted molar refractivity (Wildman–Crippen MR) is 87.7 cm³/mol. The summed E-state index contributed by atoms with van der Waals surface area (Å²) in [5, 5.41) is 6.64. The molecule has 0 radical (unpaired) electrons. The number of amides is 1.